The van der Waals surface area contributed by atoms with Gasteiger partial charge in [-0.2, -0.15) is 0 Å². The number of aliphatic hydroxyl groups is 2. The fourth-order valence-electron chi connectivity index (χ4n) is 6.67. The summed E-state index contributed by atoms with van der Waals surface area (Å²) in [7, 11) is 0. The summed E-state index contributed by atoms with van der Waals surface area (Å²) in [6.45, 7) is 8.50. The molecule has 0 saturated carbocycles. The molecule has 0 bridgehead atoms. The van der Waals surface area contributed by atoms with Crippen LogP contribution in [0.5, 0.6) is 23.3 Å². The lowest BCUT2D eigenvalue weighted by atomic mass is 10.1. The van der Waals surface area contributed by atoms with Gasteiger partial charge in [0.25, 0.3) is 0 Å². The zero-order valence-electron chi connectivity index (χ0n) is 35.9. The van der Waals surface area contributed by atoms with E-state index in [0.29, 0.717) is 58.6 Å². The lowest BCUT2D eigenvalue weighted by molar-refractivity contribution is -0.0441. The molecule has 1 aliphatic rings. The number of carbonyl (C=O) groups excluding carboxylic acids is 1. The predicted octanol–water partition coefficient (Wildman–Crippen LogP) is 8.88. The Balaban J connectivity index is 0.000000178. The second-order valence-electron chi connectivity index (χ2n) is 16.4. The standard InChI is InChI=1S/C25H25FN4O4.C23H21FN4O3/c1-25(2,31)15-28-20-13-22(34-19-5-3-4-18(26)12-19)29-30-21(14-27-23(20)30)16-6-8-17(9-7-16)24-32-10-11-33-24;1-23(2,30)14-26-19-11-21(31-18-5-3-4-17(24)10-18)27-28-20(12-25-22(19)28)16-8-6-15(13-29)7-9-16/h3-9,12-14,24,28,31H,10-11,15H2,1-2H3;3-13,26,30H,14H2,1-2H3. The number of fused-ring (bicyclic) bond motifs is 2. The molecule has 1 aliphatic heterocycles. The van der Waals surface area contributed by atoms with Crippen LogP contribution >= 0.6 is 0 Å². The maximum Gasteiger partial charge on any atom is 0.239 e. The van der Waals surface area contributed by atoms with Crippen LogP contribution in [-0.4, -0.2) is 83.2 Å². The van der Waals surface area contributed by atoms with Crippen LogP contribution in [0.3, 0.4) is 0 Å². The largest absolute Gasteiger partial charge is 0.437 e. The number of aldehydes is 1. The molecule has 15 nitrogen and oxygen atoms in total. The minimum atomic E-state index is -0.954. The van der Waals surface area contributed by atoms with Crippen molar-refractivity contribution in [1.29, 1.82) is 0 Å². The third kappa shape index (κ3) is 11.1. The Bertz CT molecular complexity index is 2920. The van der Waals surface area contributed by atoms with Crippen LogP contribution in [0.2, 0.25) is 0 Å². The normalized spacial score (nSPS) is 13.1. The van der Waals surface area contributed by atoms with Crippen LogP contribution in [0.1, 0.15) is 49.9 Å². The number of anilines is 2. The van der Waals surface area contributed by atoms with Crippen LogP contribution in [0.25, 0.3) is 33.8 Å². The molecule has 9 rings (SSSR count). The molecule has 1 fully saturated rings. The van der Waals surface area contributed by atoms with Gasteiger partial charge < -0.3 is 39.8 Å². The van der Waals surface area contributed by atoms with E-state index in [1.807, 2.05) is 24.3 Å². The summed E-state index contributed by atoms with van der Waals surface area (Å²) in [6, 6.07) is 29.8. The molecular weight excluding hydrogens is 839 g/mol. The molecule has 0 aliphatic carbocycles. The van der Waals surface area contributed by atoms with Gasteiger partial charge in [-0.1, -0.05) is 60.7 Å². The number of hydrogen-bond acceptors (Lipinski definition) is 13. The average molecular weight is 885 g/mol. The monoisotopic (exact) mass is 884 g/mol. The highest BCUT2D eigenvalue weighted by molar-refractivity contribution is 5.78. The molecule has 4 aromatic heterocycles. The highest BCUT2D eigenvalue weighted by Gasteiger charge is 2.21. The number of hydrogen-bond donors (Lipinski definition) is 4. The third-order valence-corrected chi connectivity index (χ3v) is 9.79. The molecular formula is C48H46F2N8O7. The first-order valence-electron chi connectivity index (χ1n) is 20.6. The topological polar surface area (TPSA) is 179 Å². The molecule has 1 saturated heterocycles. The predicted molar refractivity (Wildman–Crippen MR) is 239 cm³/mol. The van der Waals surface area contributed by atoms with E-state index in [1.54, 1.807) is 110 Å². The van der Waals surface area contributed by atoms with Crippen molar-refractivity contribution < 1.29 is 42.7 Å². The summed E-state index contributed by atoms with van der Waals surface area (Å²) in [5.74, 6) is 0.273. The summed E-state index contributed by atoms with van der Waals surface area (Å²) in [5.41, 5.74) is 5.04. The second kappa shape index (κ2) is 18.8. The number of benzene rings is 4. The zero-order valence-corrected chi connectivity index (χ0v) is 35.9. The number of nitrogens with one attached hydrogen (secondary N) is 2. The Morgan fingerprint density at radius 2 is 1.12 bits per heavy atom. The van der Waals surface area contributed by atoms with Gasteiger partial charge in [-0.15, -0.1) is 10.2 Å². The van der Waals surface area contributed by atoms with Crippen molar-refractivity contribution in [2.75, 3.05) is 36.9 Å². The Morgan fingerprint density at radius 3 is 1.54 bits per heavy atom. The molecule has 5 heterocycles. The Morgan fingerprint density at radius 1 is 0.677 bits per heavy atom. The molecule has 0 amide bonds. The molecule has 0 spiro atoms. The first kappa shape index (κ1) is 44.3. The highest BCUT2D eigenvalue weighted by Crippen LogP contribution is 2.32. The molecule has 4 N–H and O–H groups in total. The number of halogens is 2. The fraction of sp³-hybridized carbons (Fsp3) is 0.229. The Hall–Kier alpha value is -7.31. The molecule has 0 radical (unpaired) electrons. The lowest BCUT2D eigenvalue weighted by Crippen LogP contribution is -2.29. The van der Waals surface area contributed by atoms with E-state index in [2.05, 4.69) is 30.8 Å². The number of carbonyl (C=O) groups is 1. The maximum absolute atomic E-state index is 13.7. The van der Waals surface area contributed by atoms with Crippen molar-refractivity contribution in [3.8, 4) is 45.8 Å². The number of ether oxygens (including phenoxy) is 4. The smallest absolute Gasteiger partial charge is 0.239 e. The quantitative estimate of drug-likeness (QED) is 0.0762. The van der Waals surface area contributed by atoms with Gasteiger partial charge in [0.2, 0.25) is 11.8 Å². The molecule has 8 aromatic rings. The van der Waals surface area contributed by atoms with Crippen molar-refractivity contribution in [2.45, 2.75) is 45.2 Å². The summed E-state index contributed by atoms with van der Waals surface area (Å²) in [6.07, 6.45) is 3.82. The first-order valence-corrected chi connectivity index (χ1v) is 20.6. The van der Waals surface area contributed by atoms with E-state index in [-0.39, 0.29) is 31.1 Å². The molecule has 65 heavy (non-hydrogen) atoms. The zero-order chi connectivity index (χ0) is 45.7. The molecule has 17 heteroatoms. The number of rotatable bonds is 14. The van der Waals surface area contributed by atoms with Crippen LogP contribution < -0.4 is 20.1 Å². The van der Waals surface area contributed by atoms with Gasteiger partial charge in [-0.3, -0.25) is 4.79 Å². The average Bonchev–Trinajstić information content (AvgIpc) is 4.06. The van der Waals surface area contributed by atoms with Crippen molar-refractivity contribution in [1.82, 2.24) is 29.2 Å². The van der Waals surface area contributed by atoms with Crippen LogP contribution in [0.15, 0.2) is 122 Å². The van der Waals surface area contributed by atoms with E-state index >= 15 is 0 Å². The molecule has 0 unspecified atom stereocenters. The van der Waals surface area contributed by atoms with Crippen LogP contribution in [-0.2, 0) is 9.47 Å². The van der Waals surface area contributed by atoms with Crippen LogP contribution in [0, 0.1) is 11.6 Å². The number of aromatic nitrogens is 6. The maximum atomic E-state index is 13.7. The SMILES string of the molecule is CC(C)(O)CNc1cc(Oc2cccc(F)c2)nn2c(-c3ccc(C4OCCO4)cc3)cnc12.CC(C)(O)CNc1cc(Oc2cccc(F)c2)nn2c(-c3ccc(C=O)cc3)cnc12. The van der Waals surface area contributed by atoms with Gasteiger partial charge >= 0.3 is 0 Å². The van der Waals surface area contributed by atoms with Gasteiger partial charge in [0, 0.05) is 59.6 Å². The van der Waals surface area contributed by atoms with Gasteiger partial charge in [-0.25, -0.2) is 27.8 Å². The summed E-state index contributed by atoms with van der Waals surface area (Å²) in [5, 5.41) is 35.8. The summed E-state index contributed by atoms with van der Waals surface area (Å²) < 4.78 is 53.3. The van der Waals surface area contributed by atoms with E-state index in [1.165, 1.54) is 24.3 Å². The minimum Gasteiger partial charge on any atom is -0.437 e. The van der Waals surface area contributed by atoms with Crippen molar-refractivity contribution >= 4 is 29.0 Å². The Labute approximate surface area is 372 Å². The van der Waals surface area contributed by atoms with Gasteiger partial charge in [0.1, 0.15) is 29.4 Å². The highest BCUT2D eigenvalue weighted by atomic mass is 19.1. The second-order valence-corrected chi connectivity index (χ2v) is 16.4. The Kier molecular flexibility index (Phi) is 12.8. The van der Waals surface area contributed by atoms with Gasteiger partial charge in [0.05, 0.1) is 59.6 Å². The summed E-state index contributed by atoms with van der Waals surface area (Å²) >= 11 is 0. The molecule has 334 valence electrons. The van der Waals surface area contributed by atoms with Crippen molar-refractivity contribution in [2.24, 2.45) is 0 Å². The number of nitrogens with zero attached hydrogens (tertiary/aromatic N) is 6. The minimum absolute atomic E-state index is 0.222. The van der Waals surface area contributed by atoms with Crippen LogP contribution in [0.4, 0.5) is 20.2 Å². The van der Waals surface area contributed by atoms with Crippen molar-refractivity contribution in [3.05, 3.63) is 144 Å². The third-order valence-electron chi connectivity index (χ3n) is 9.79. The number of imidazole rings is 2. The van der Waals surface area contributed by atoms with E-state index in [4.69, 9.17) is 18.9 Å². The van der Waals surface area contributed by atoms with E-state index in [9.17, 15) is 23.8 Å². The van der Waals surface area contributed by atoms with Gasteiger partial charge in [0.15, 0.2) is 17.6 Å². The first-order chi connectivity index (χ1) is 31.2. The van der Waals surface area contributed by atoms with E-state index in [0.717, 1.165) is 28.7 Å². The molecule has 4 aromatic carbocycles. The van der Waals surface area contributed by atoms with Crippen molar-refractivity contribution in [3.63, 3.8) is 0 Å². The fourth-order valence-corrected chi connectivity index (χ4v) is 6.67. The molecule has 0 atom stereocenters. The van der Waals surface area contributed by atoms with Gasteiger partial charge in [-0.05, 0) is 52.0 Å². The van der Waals surface area contributed by atoms with E-state index < -0.39 is 22.8 Å². The lowest BCUT2D eigenvalue weighted by Gasteiger charge is -2.19. The summed E-state index contributed by atoms with van der Waals surface area (Å²) in [4.78, 5) is 20.0.